The fourth-order valence-electron chi connectivity index (χ4n) is 4.73. The first-order valence-corrected chi connectivity index (χ1v) is 16.1. The zero-order chi connectivity index (χ0) is 30.2. The molecule has 3 aromatic carbocycles. The van der Waals surface area contributed by atoms with Crippen LogP contribution in [0, 0.1) is 0 Å². The highest BCUT2D eigenvalue weighted by molar-refractivity contribution is 7.49. The van der Waals surface area contributed by atoms with E-state index in [1.165, 1.54) is 0 Å². The van der Waals surface area contributed by atoms with Crippen LogP contribution in [0.1, 0.15) is 112 Å². The van der Waals surface area contributed by atoms with Gasteiger partial charge in [0.2, 0.25) is 0 Å². The Morgan fingerprint density at radius 1 is 0.585 bits per heavy atom. The Hall–Kier alpha value is -3.49. The van der Waals surface area contributed by atoms with Crippen LogP contribution in [-0.2, 0) is 4.57 Å². The minimum Gasteiger partial charge on any atom is -0.385 e. The van der Waals surface area contributed by atoms with Crippen molar-refractivity contribution in [3.8, 4) is 17.2 Å². The third-order valence-corrected chi connectivity index (χ3v) is 9.15. The molecule has 0 aliphatic heterocycles. The maximum atomic E-state index is 15.1. The van der Waals surface area contributed by atoms with Gasteiger partial charge in [0.05, 0.1) is 0 Å². The molecule has 0 N–H and O–H groups in total. The predicted octanol–water partition coefficient (Wildman–Crippen LogP) is 11.8. The van der Waals surface area contributed by atoms with E-state index in [4.69, 9.17) is 13.6 Å². The van der Waals surface area contributed by atoms with Gasteiger partial charge in [-0.15, -0.1) is 0 Å². The third kappa shape index (κ3) is 7.24. The Morgan fingerprint density at radius 2 is 0.854 bits per heavy atom. The van der Waals surface area contributed by atoms with E-state index in [2.05, 4.69) is 61.3 Å². The second-order valence-electron chi connectivity index (χ2n) is 10.6. The number of para-hydroxylation sites is 3. The first-order valence-electron chi connectivity index (χ1n) is 14.6. The van der Waals surface area contributed by atoms with Crippen LogP contribution >= 0.6 is 7.82 Å². The molecule has 3 aromatic rings. The van der Waals surface area contributed by atoms with Gasteiger partial charge in [0.1, 0.15) is 17.2 Å². The molecule has 3 atom stereocenters. The van der Waals surface area contributed by atoms with Crippen LogP contribution in [0.3, 0.4) is 0 Å². The zero-order valence-electron chi connectivity index (χ0n) is 25.5. The molecular weight excluding hydrogens is 527 g/mol. The minimum atomic E-state index is -4.38. The van der Waals surface area contributed by atoms with Gasteiger partial charge in [-0.1, -0.05) is 134 Å². The van der Waals surface area contributed by atoms with E-state index in [1.807, 2.05) is 54.6 Å². The van der Waals surface area contributed by atoms with Gasteiger partial charge in [0, 0.05) is 16.7 Å². The molecule has 3 unspecified atom stereocenters. The van der Waals surface area contributed by atoms with Crippen molar-refractivity contribution in [1.82, 2.24) is 0 Å². The summed E-state index contributed by atoms with van der Waals surface area (Å²) in [6.45, 7) is 24.6. The zero-order valence-corrected chi connectivity index (χ0v) is 26.4. The van der Waals surface area contributed by atoms with Crippen molar-refractivity contribution in [2.75, 3.05) is 0 Å². The average molecular weight is 573 g/mol. The minimum absolute atomic E-state index is 0.144. The SMILES string of the molecule is C=Cc1cccc(C(C)CC)c1OP(=O)(Oc1c(C=C)cccc1C(C)CC)Oc1c(C=C)cccc1C(C)CC. The molecule has 41 heavy (non-hydrogen) atoms. The molecule has 218 valence electrons. The molecule has 0 saturated heterocycles. The first-order chi connectivity index (χ1) is 19.7. The largest absolute Gasteiger partial charge is 0.647 e. The monoisotopic (exact) mass is 572 g/mol. The Bertz CT molecular complexity index is 1250. The Balaban J connectivity index is 2.31. The number of hydrogen-bond acceptors (Lipinski definition) is 4. The van der Waals surface area contributed by atoms with Crippen LogP contribution in [-0.4, -0.2) is 0 Å². The van der Waals surface area contributed by atoms with Crippen molar-refractivity contribution in [3.63, 3.8) is 0 Å². The van der Waals surface area contributed by atoms with Gasteiger partial charge in [0.15, 0.2) is 0 Å². The van der Waals surface area contributed by atoms with Crippen LogP contribution in [0.15, 0.2) is 74.3 Å². The van der Waals surface area contributed by atoms with Gasteiger partial charge in [-0.05, 0) is 53.7 Å². The molecule has 0 fully saturated rings. The van der Waals surface area contributed by atoms with E-state index in [0.29, 0.717) is 33.9 Å². The lowest BCUT2D eigenvalue weighted by Gasteiger charge is -2.27. The highest BCUT2D eigenvalue weighted by atomic mass is 31.2. The molecule has 0 bridgehead atoms. The van der Waals surface area contributed by atoms with Crippen molar-refractivity contribution in [1.29, 1.82) is 0 Å². The normalized spacial score (nSPS) is 14.7. The van der Waals surface area contributed by atoms with E-state index < -0.39 is 7.82 Å². The summed E-state index contributed by atoms with van der Waals surface area (Å²) in [4.78, 5) is 0. The van der Waals surface area contributed by atoms with E-state index in [9.17, 15) is 0 Å². The summed E-state index contributed by atoms with van der Waals surface area (Å²) in [5.41, 5.74) is 4.89. The predicted molar refractivity (Wildman–Crippen MR) is 175 cm³/mol. The summed E-state index contributed by atoms with van der Waals surface area (Å²) in [5, 5.41) is 0. The van der Waals surface area contributed by atoms with Gasteiger partial charge in [-0.2, -0.15) is 4.57 Å². The van der Waals surface area contributed by atoms with Crippen LogP contribution in [0.4, 0.5) is 0 Å². The lowest BCUT2D eigenvalue weighted by molar-refractivity contribution is 0.293. The van der Waals surface area contributed by atoms with Crippen molar-refractivity contribution >= 4 is 26.1 Å². The summed E-state index contributed by atoms with van der Waals surface area (Å²) in [6, 6.07) is 17.5. The van der Waals surface area contributed by atoms with E-state index in [-0.39, 0.29) is 17.8 Å². The fourth-order valence-corrected chi connectivity index (χ4v) is 6.15. The average Bonchev–Trinajstić information content (AvgIpc) is 2.99. The first kappa shape index (κ1) is 32.0. The molecule has 4 nitrogen and oxygen atoms in total. The molecule has 0 saturated carbocycles. The van der Waals surface area contributed by atoms with Crippen LogP contribution < -0.4 is 13.6 Å². The van der Waals surface area contributed by atoms with E-state index >= 15 is 4.57 Å². The second-order valence-corrected chi connectivity index (χ2v) is 12.0. The number of rotatable bonds is 15. The van der Waals surface area contributed by atoms with Gasteiger partial charge >= 0.3 is 7.82 Å². The second kappa shape index (κ2) is 14.4. The standard InChI is InChI=1S/C36H45O4P/c1-10-25(7)31-22-16-19-28(13-4)34(31)38-41(37,39-35-29(14-5)20-17-23-32(35)26(8)11-2)40-36-30(15-6)21-18-24-33(36)27(9)12-3/h13-27H,4-6,10-12H2,1-3,7-9H3. The molecule has 0 radical (unpaired) electrons. The quantitative estimate of drug-likeness (QED) is 0.170. The number of benzene rings is 3. The van der Waals surface area contributed by atoms with Crippen molar-refractivity contribution in [2.45, 2.75) is 78.6 Å². The highest BCUT2D eigenvalue weighted by Crippen LogP contribution is 2.55. The van der Waals surface area contributed by atoms with Crippen LogP contribution in [0.25, 0.3) is 18.2 Å². The maximum Gasteiger partial charge on any atom is 0.647 e. The Morgan fingerprint density at radius 3 is 1.07 bits per heavy atom. The van der Waals surface area contributed by atoms with Gasteiger partial charge < -0.3 is 13.6 Å². The number of phosphoric ester groups is 1. The number of phosphoric acid groups is 1. The molecule has 0 heterocycles. The third-order valence-electron chi connectivity index (χ3n) is 7.93. The molecule has 0 aliphatic carbocycles. The smallest absolute Gasteiger partial charge is 0.385 e. The molecule has 3 rings (SSSR count). The summed E-state index contributed by atoms with van der Waals surface area (Å²) >= 11 is 0. The Labute approximate surface area is 247 Å². The highest BCUT2D eigenvalue weighted by Gasteiger charge is 2.38. The topological polar surface area (TPSA) is 44.8 Å². The molecule has 5 heteroatoms. The van der Waals surface area contributed by atoms with Gasteiger partial charge in [-0.3, -0.25) is 0 Å². The van der Waals surface area contributed by atoms with Crippen molar-refractivity contribution in [2.24, 2.45) is 0 Å². The van der Waals surface area contributed by atoms with E-state index in [1.54, 1.807) is 18.2 Å². The summed E-state index contributed by atoms with van der Waals surface area (Å²) in [7, 11) is -4.38. The molecule has 0 spiro atoms. The van der Waals surface area contributed by atoms with Crippen molar-refractivity contribution in [3.05, 3.63) is 108 Å². The lowest BCUT2D eigenvalue weighted by Crippen LogP contribution is -2.13. The van der Waals surface area contributed by atoms with Crippen LogP contribution in [0.2, 0.25) is 0 Å². The van der Waals surface area contributed by atoms with Crippen molar-refractivity contribution < 1.29 is 18.1 Å². The molecule has 0 aromatic heterocycles. The summed E-state index contributed by atoms with van der Waals surface area (Å²) < 4.78 is 34.6. The fraction of sp³-hybridized carbons (Fsp3) is 0.333. The van der Waals surface area contributed by atoms with Gasteiger partial charge in [0.25, 0.3) is 0 Å². The summed E-state index contributed by atoms with van der Waals surface area (Å²) in [5.74, 6) is 1.77. The maximum absolute atomic E-state index is 15.1. The Kier molecular flexibility index (Phi) is 11.3. The molecule has 0 amide bonds. The van der Waals surface area contributed by atoms with E-state index in [0.717, 1.165) is 36.0 Å². The molecular formula is C36H45O4P. The lowest BCUT2D eigenvalue weighted by atomic mass is 9.95. The van der Waals surface area contributed by atoms with Gasteiger partial charge in [-0.25, -0.2) is 0 Å². The number of hydrogen-bond donors (Lipinski definition) is 0. The molecule has 0 aliphatic rings. The van der Waals surface area contributed by atoms with Crippen LogP contribution in [0.5, 0.6) is 17.2 Å². The summed E-state index contributed by atoms with van der Waals surface area (Å²) in [6.07, 6.45) is 7.73.